The summed E-state index contributed by atoms with van der Waals surface area (Å²) in [5.74, 6) is 0.884. The first kappa shape index (κ1) is 25.6. The van der Waals surface area contributed by atoms with Gasteiger partial charge in [-0.3, -0.25) is 0 Å². The van der Waals surface area contributed by atoms with Gasteiger partial charge in [-0.15, -0.1) is 58.9 Å². The maximum absolute atomic E-state index is 2.37. The Morgan fingerprint density at radius 2 is 1.76 bits per heavy atom. The minimum Gasteiger partial charge on any atom is -1.00 e. The van der Waals surface area contributed by atoms with Crippen LogP contribution in [0.15, 0.2) is 84.5 Å². The Balaban J connectivity index is 0.000000302. The molecular formula is C25H25F2HfP. The number of fused-ring (bicyclic) bond motifs is 2. The standard InChI is InChI=1S/C16H14P.C9H11.2FH.Hf/c1-12-6-2-5-9-16(12)17-15-10-13-7-3-4-8-14(13)11-15;1-2-5-9-7-3-6-8(9)4-1;;;/h2-11,17H,1H3;1-2,4,6,9H,3,5,7H2;2*1H;/q2*-1;;;+4/p-2. The van der Waals surface area contributed by atoms with Crippen molar-refractivity contribution in [3.8, 4) is 0 Å². The van der Waals surface area contributed by atoms with Crippen LogP contribution in [0, 0.1) is 19.3 Å². The van der Waals surface area contributed by atoms with Gasteiger partial charge in [-0.2, -0.15) is 6.07 Å². The van der Waals surface area contributed by atoms with Crippen LogP contribution in [0.5, 0.6) is 0 Å². The van der Waals surface area contributed by atoms with Crippen LogP contribution in [0.3, 0.4) is 0 Å². The van der Waals surface area contributed by atoms with Crippen molar-refractivity contribution in [1.29, 1.82) is 0 Å². The average molecular weight is 573 g/mol. The maximum Gasteiger partial charge on any atom is 4.00 e. The normalized spacial score (nSPS) is 16.4. The van der Waals surface area contributed by atoms with Crippen LogP contribution in [0.2, 0.25) is 0 Å². The van der Waals surface area contributed by atoms with Gasteiger partial charge in [0.1, 0.15) is 0 Å². The molecule has 0 spiro atoms. The molecule has 2 atom stereocenters. The molecule has 0 bridgehead atoms. The van der Waals surface area contributed by atoms with Gasteiger partial charge < -0.3 is 9.41 Å². The summed E-state index contributed by atoms with van der Waals surface area (Å²) in [4.78, 5) is 0. The van der Waals surface area contributed by atoms with Crippen LogP contribution in [-0.4, -0.2) is 0 Å². The molecule has 29 heavy (non-hydrogen) atoms. The molecule has 0 amide bonds. The minimum absolute atomic E-state index is 0. The van der Waals surface area contributed by atoms with E-state index in [1.165, 1.54) is 46.2 Å². The SMILES string of the molecule is C1=CCC2CC[CH-]C2=C1.Cc1ccccc1Pc1cc2ccccc2[cH-]1.[F-].[F-].[Hf+4]. The van der Waals surface area contributed by atoms with Crippen molar-refractivity contribution >= 4 is 30.0 Å². The maximum atomic E-state index is 2.37. The van der Waals surface area contributed by atoms with Crippen LogP contribution in [0.25, 0.3) is 10.8 Å². The van der Waals surface area contributed by atoms with Crippen molar-refractivity contribution in [3.63, 3.8) is 0 Å². The zero-order chi connectivity index (χ0) is 17.8. The van der Waals surface area contributed by atoms with Crippen molar-refractivity contribution in [2.75, 3.05) is 0 Å². The van der Waals surface area contributed by atoms with Gasteiger partial charge >= 0.3 is 25.8 Å². The molecule has 0 heterocycles. The molecule has 5 rings (SSSR count). The molecule has 0 N–H and O–H groups in total. The Hall–Kier alpha value is -1.44. The number of benzene rings is 2. The molecule has 0 radical (unpaired) electrons. The largest absolute Gasteiger partial charge is 4.00 e. The fourth-order valence-corrected chi connectivity index (χ4v) is 4.98. The Morgan fingerprint density at radius 3 is 2.52 bits per heavy atom. The zero-order valence-corrected chi connectivity index (χ0v) is 21.1. The average Bonchev–Trinajstić information content (AvgIpc) is 3.30. The first-order valence-electron chi connectivity index (χ1n) is 9.48. The monoisotopic (exact) mass is 574 g/mol. The second-order valence-corrected chi connectivity index (χ2v) is 8.49. The Labute approximate surface area is 193 Å². The molecule has 0 saturated heterocycles. The van der Waals surface area contributed by atoms with Gasteiger partial charge in [-0.05, 0) is 30.1 Å². The number of hydrogen-bond donors (Lipinski definition) is 0. The van der Waals surface area contributed by atoms with Crippen molar-refractivity contribution in [1.82, 2.24) is 0 Å². The molecule has 2 unspecified atom stereocenters. The van der Waals surface area contributed by atoms with E-state index in [2.05, 4.69) is 92.2 Å². The van der Waals surface area contributed by atoms with Crippen molar-refractivity contribution in [3.05, 3.63) is 96.4 Å². The van der Waals surface area contributed by atoms with Crippen molar-refractivity contribution < 1.29 is 35.3 Å². The molecule has 0 aliphatic heterocycles. The van der Waals surface area contributed by atoms with Crippen molar-refractivity contribution in [2.24, 2.45) is 5.92 Å². The molecule has 3 aromatic rings. The van der Waals surface area contributed by atoms with Gasteiger partial charge in [-0.1, -0.05) is 45.3 Å². The Morgan fingerprint density at radius 1 is 1.00 bits per heavy atom. The molecule has 0 nitrogen and oxygen atoms in total. The third-order valence-electron chi connectivity index (χ3n) is 5.25. The first-order chi connectivity index (χ1) is 12.8. The van der Waals surface area contributed by atoms with Gasteiger partial charge in [0, 0.05) is 0 Å². The predicted octanol–water partition coefficient (Wildman–Crippen LogP) is -0.0111. The van der Waals surface area contributed by atoms with E-state index < -0.39 is 0 Å². The van der Waals surface area contributed by atoms with Gasteiger partial charge in [-0.25, -0.2) is 18.1 Å². The fourth-order valence-electron chi connectivity index (χ4n) is 3.76. The minimum atomic E-state index is 0. The Bertz CT molecular complexity index is 925. The third-order valence-corrected chi connectivity index (χ3v) is 6.66. The summed E-state index contributed by atoms with van der Waals surface area (Å²) in [6.07, 6.45) is 13.0. The summed E-state index contributed by atoms with van der Waals surface area (Å²) < 4.78 is 0. The molecule has 148 valence electrons. The van der Waals surface area contributed by atoms with Crippen LogP contribution in [0.4, 0.5) is 0 Å². The van der Waals surface area contributed by atoms with Crippen molar-refractivity contribution in [2.45, 2.75) is 26.2 Å². The second-order valence-electron chi connectivity index (χ2n) is 7.12. The van der Waals surface area contributed by atoms with Crippen LogP contribution in [-0.2, 0) is 25.8 Å². The third kappa shape index (κ3) is 6.52. The van der Waals surface area contributed by atoms with Gasteiger partial charge in [0.05, 0.1) is 0 Å². The molecule has 4 heteroatoms. The first-order valence-corrected chi connectivity index (χ1v) is 10.5. The number of rotatable bonds is 2. The molecule has 2 aliphatic carbocycles. The van der Waals surface area contributed by atoms with E-state index in [4.69, 9.17) is 0 Å². The van der Waals surface area contributed by atoms with Gasteiger partial charge in [0.15, 0.2) is 0 Å². The van der Waals surface area contributed by atoms with E-state index >= 15 is 0 Å². The molecule has 2 aliphatic rings. The Kier molecular flexibility index (Phi) is 10.9. The zero-order valence-electron chi connectivity index (χ0n) is 16.5. The summed E-state index contributed by atoms with van der Waals surface area (Å²) in [5.41, 5.74) is 2.97. The predicted molar refractivity (Wildman–Crippen MR) is 117 cm³/mol. The van der Waals surface area contributed by atoms with Crippen LogP contribution < -0.4 is 20.0 Å². The summed E-state index contributed by atoms with van der Waals surface area (Å²) in [7, 11) is 0.759. The summed E-state index contributed by atoms with van der Waals surface area (Å²) in [6.45, 7) is 2.19. The van der Waals surface area contributed by atoms with E-state index in [9.17, 15) is 0 Å². The quantitative estimate of drug-likeness (QED) is 0.230. The molecule has 0 aromatic heterocycles. The van der Waals surface area contributed by atoms with Crippen LogP contribution >= 0.6 is 8.58 Å². The van der Waals surface area contributed by atoms with E-state index in [1.807, 2.05) is 0 Å². The second kappa shape index (κ2) is 12.3. The molecular weight excluding hydrogens is 548 g/mol. The number of hydrogen-bond acceptors (Lipinski definition) is 0. The van der Waals surface area contributed by atoms with E-state index in [0.717, 1.165) is 14.5 Å². The molecule has 3 aromatic carbocycles. The number of aryl methyl sites for hydroxylation is 1. The number of halogens is 2. The van der Waals surface area contributed by atoms with E-state index in [1.54, 1.807) is 5.57 Å². The van der Waals surface area contributed by atoms with E-state index in [-0.39, 0.29) is 35.3 Å². The van der Waals surface area contributed by atoms with Crippen LogP contribution in [0.1, 0.15) is 24.8 Å². The summed E-state index contributed by atoms with van der Waals surface area (Å²) in [5, 5.41) is 5.58. The fraction of sp³-hybridized carbons (Fsp3) is 0.200. The summed E-state index contributed by atoms with van der Waals surface area (Å²) in [6, 6.07) is 21.8. The topological polar surface area (TPSA) is 0 Å². The van der Waals surface area contributed by atoms with Gasteiger partial charge in [0.25, 0.3) is 0 Å². The van der Waals surface area contributed by atoms with E-state index in [0.29, 0.717) is 0 Å². The smallest absolute Gasteiger partial charge is 1.00 e. The molecule has 1 saturated carbocycles. The molecule has 1 fully saturated rings. The van der Waals surface area contributed by atoms with Gasteiger partial charge in [0.2, 0.25) is 0 Å². The summed E-state index contributed by atoms with van der Waals surface area (Å²) >= 11 is 0. The number of allylic oxidation sites excluding steroid dienone is 4.